The van der Waals surface area contributed by atoms with E-state index in [1.807, 2.05) is 0 Å². The minimum Gasteiger partial charge on any atom is -0.459 e. The molecule has 0 spiro atoms. The second kappa shape index (κ2) is 15.0. The average Bonchev–Trinajstić information content (AvgIpc) is 2.93. The predicted octanol–water partition coefficient (Wildman–Crippen LogP) is 4.70. The normalized spacial score (nSPS) is 10.1. The van der Waals surface area contributed by atoms with Crippen molar-refractivity contribution >= 4 is 29.8 Å². The fraction of sp³-hybridized carbons (Fsp3) is 0.258. The van der Waals surface area contributed by atoms with E-state index in [-0.39, 0.29) is 54.3 Å². The second-order valence-corrected chi connectivity index (χ2v) is 9.05. The molecule has 2 rings (SSSR count). The Bertz CT molecular complexity index is 1340. The van der Waals surface area contributed by atoms with Crippen LogP contribution in [0.15, 0.2) is 72.9 Å². The molecule has 0 heterocycles. The molecule has 216 valence electrons. The number of aryl methyl sites for hydroxylation is 1. The molecule has 0 amide bonds. The van der Waals surface area contributed by atoms with Gasteiger partial charge in [0.05, 0.1) is 11.1 Å². The van der Waals surface area contributed by atoms with Crippen LogP contribution >= 0.6 is 0 Å². The topological polar surface area (TPSA) is 132 Å². The summed E-state index contributed by atoms with van der Waals surface area (Å²) < 4.78 is 25.6. The van der Waals surface area contributed by atoms with Crippen LogP contribution in [-0.2, 0) is 33.3 Å². The molecule has 0 aliphatic rings. The van der Waals surface area contributed by atoms with Crippen molar-refractivity contribution < 1.29 is 47.7 Å². The maximum absolute atomic E-state index is 12.8. The molecule has 0 atom stereocenters. The van der Waals surface area contributed by atoms with E-state index in [0.717, 1.165) is 0 Å². The Hall–Kier alpha value is -4.99. The molecule has 0 unspecified atom stereocenters. The Morgan fingerprint density at radius 3 is 1.44 bits per heavy atom. The molecule has 10 nitrogen and oxygen atoms in total. The van der Waals surface area contributed by atoms with Crippen molar-refractivity contribution in [3.05, 3.63) is 89.5 Å². The molecule has 2 aromatic rings. The highest BCUT2D eigenvalue weighted by atomic mass is 16.6. The number of hydrogen-bond acceptors (Lipinski definition) is 10. The molecule has 0 aliphatic heterocycles. The van der Waals surface area contributed by atoms with Crippen LogP contribution in [0.25, 0.3) is 11.1 Å². The second-order valence-electron chi connectivity index (χ2n) is 9.05. The fourth-order valence-electron chi connectivity index (χ4n) is 3.11. The van der Waals surface area contributed by atoms with Crippen LogP contribution in [0.5, 0.6) is 5.75 Å². The van der Waals surface area contributed by atoms with E-state index in [2.05, 4.69) is 19.7 Å². The molecule has 0 N–H and O–H groups in total. The molecule has 0 aliphatic carbocycles. The minimum atomic E-state index is -0.772. The summed E-state index contributed by atoms with van der Waals surface area (Å²) in [7, 11) is 0. The highest BCUT2D eigenvalue weighted by Crippen LogP contribution is 2.29. The summed E-state index contributed by atoms with van der Waals surface area (Å²) in [6.45, 7) is 15.9. The van der Waals surface area contributed by atoms with Crippen molar-refractivity contribution in [3.63, 3.8) is 0 Å². The zero-order chi connectivity index (χ0) is 30.7. The molecule has 0 saturated heterocycles. The quantitative estimate of drug-likeness (QED) is 0.111. The van der Waals surface area contributed by atoms with E-state index in [1.54, 1.807) is 25.1 Å². The number of benzene rings is 2. The van der Waals surface area contributed by atoms with Crippen LogP contribution in [0.4, 0.5) is 0 Å². The van der Waals surface area contributed by atoms with E-state index < -0.39 is 29.8 Å². The zero-order valence-electron chi connectivity index (χ0n) is 23.5. The first-order valence-electron chi connectivity index (χ1n) is 12.4. The van der Waals surface area contributed by atoms with Gasteiger partial charge in [0.2, 0.25) is 0 Å². The lowest BCUT2D eigenvalue weighted by Gasteiger charge is -2.13. The molecule has 0 saturated carbocycles. The largest absolute Gasteiger partial charge is 0.459 e. The van der Waals surface area contributed by atoms with Gasteiger partial charge in [-0.3, -0.25) is 0 Å². The maximum atomic E-state index is 12.8. The van der Waals surface area contributed by atoms with Crippen LogP contribution < -0.4 is 4.74 Å². The summed E-state index contributed by atoms with van der Waals surface area (Å²) in [4.78, 5) is 60.6. The van der Waals surface area contributed by atoms with Gasteiger partial charge in [-0.2, -0.15) is 0 Å². The summed E-state index contributed by atoms with van der Waals surface area (Å²) in [6.07, 6.45) is 0. The van der Waals surface area contributed by atoms with Gasteiger partial charge in [-0.05, 0) is 74.7 Å². The summed E-state index contributed by atoms with van der Waals surface area (Å²) >= 11 is 0. The Balaban J connectivity index is 2.30. The SMILES string of the molecule is C=C(C)C(=O)OCCOC(=O)c1cc(C(=O)OCCOC(=O)C(=C)C)cc(-c2ccc(OC(=O)C(=C)C)c(C)c2)c1. The van der Waals surface area contributed by atoms with E-state index >= 15 is 0 Å². The van der Waals surface area contributed by atoms with Gasteiger partial charge in [0.15, 0.2) is 0 Å². The third kappa shape index (κ3) is 9.92. The van der Waals surface area contributed by atoms with Crippen LogP contribution in [0, 0.1) is 6.92 Å². The highest BCUT2D eigenvalue weighted by Gasteiger charge is 2.18. The number of carbonyl (C=O) groups excluding carboxylic acids is 5. The molecule has 0 bridgehead atoms. The average molecular weight is 565 g/mol. The van der Waals surface area contributed by atoms with Crippen LogP contribution in [0.3, 0.4) is 0 Å². The predicted molar refractivity (Wildman–Crippen MR) is 149 cm³/mol. The lowest BCUT2D eigenvalue weighted by atomic mass is 9.98. The van der Waals surface area contributed by atoms with Crippen LogP contribution in [-0.4, -0.2) is 56.3 Å². The van der Waals surface area contributed by atoms with Gasteiger partial charge < -0.3 is 23.7 Å². The van der Waals surface area contributed by atoms with Crippen molar-refractivity contribution in [2.75, 3.05) is 26.4 Å². The molecule has 10 heteroatoms. The van der Waals surface area contributed by atoms with Crippen LogP contribution in [0.1, 0.15) is 47.1 Å². The van der Waals surface area contributed by atoms with Crippen molar-refractivity contribution in [1.82, 2.24) is 0 Å². The van der Waals surface area contributed by atoms with Crippen molar-refractivity contribution in [2.45, 2.75) is 27.7 Å². The Labute approximate surface area is 238 Å². The van der Waals surface area contributed by atoms with Gasteiger partial charge in [0, 0.05) is 16.7 Å². The zero-order valence-corrected chi connectivity index (χ0v) is 23.5. The minimum absolute atomic E-state index is 0.0322. The molecule has 0 aromatic heterocycles. The number of esters is 5. The third-order valence-corrected chi connectivity index (χ3v) is 5.26. The Morgan fingerprint density at radius 1 is 0.585 bits per heavy atom. The smallest absolute Gasteiger partial charge is 0.338 e. The first-order valence-corrected chi connectivity index (χ1v) is 12.4. The van der Waals surface area contributed by atoms with Gasteiger partial charge in [-0.15, -0.1) is 0 Å². The van der Waals surface area contributed by atoms with Crippen LogP contribution in [0.2, 0.25) is 0 Å². The van der Waals surface area contributed by atoms with E-state index in [9.17, 15) is 24.0 Å². The molecule has 0 radical (unpaired) electrons. The monoisotopic (exact) mass is 564 g/mol. The van der Waals surface area contributed by atoms with Gasteiger partial charge >= 0.3 is 29.8 Å². The van der Waals surface area contributed by atoms with E-state index in [1.165, 1.54) is 39.0 Å². The summed E-state index contributed by atoms with van der Waals surface area (Å²) in [6, 6.07) is 9.28. The molecular weight excluding hydrogens is 532 g/mol. The molecule has 41 heavy (non-hydrogen) atoms. The van der Waals surface area contributed by atoms with Gasteiger partial charge in [-0.25, -0.2) is 24.0 Å². The number of hydrogen-bond donors (Lipinski definition) is 0. The van der Waals surface area contributed by atoms with Crippen molar-refractivity contribution in [3.8, 4) is 16.9 Å². The van der Waals surface area contributed by atoms with Gasteiger partial charge in [0.1, 0.15) is 32.2 Å². The first kappa shape index (κ1) is 32.2. The number of ether oxygens (including phenoxy) is 5. The summed E-state index contributed by atoms with van der Waals surface area (Å²) in [5.41, 5.74) is 2.41. The Morgan fingerprint density at radius 2 is 1.02 bits per heavy atom. The molecule has 2 aromatic carbocycles. The summed E-state index contributed by atoms with van der Waals surface area (Å²) in [5, 5.41) is 0. The molecule has 0 fully saturated rings. The lowest BCUT2D eigenvalue weighted by Crippen LogP contribution is -2.16. The first-order chi connectivity index (χ1) is 19.3. The third-order valence-electron chi connectivity index (χ3n) is 5.26. The number of carbonyl (C=O) groups is 5. The van der Waals surface area contributed by atoms with E-state index in [4.69, 9.17) is 23.7 Å². The number of rotatable bonds is 13. The summed E-state index contributed by atoms with van der Waals surface area (Å²) in [5.74, 6) is -3.02. The fourth-order valence-corrected chi connectivity index (χ4v) is 3.11. The van der Waals surface area contributed by atoms with Gasteiger partial charge in [-0.1, -0.05) is 25.8 Å². The highest BCUT2D eigenvalue weighted by molar-refractivity contribution is 5.98. The Kier molecular flexibility index (Phi) is 11.8. The standard InChI is InChI=1S/C31H32O10/c1-18(2)27(32)37-10-12-39-30(35)24-15-23(22-8-9-26(21(7)14-22)41-29(34)20(5)6)16-25(17-24)31(36)40-13-11-38-28(33)19(3)4/h8-9,14-17H,1,3,5,10-13H2,2,4,6-7H3. The maximum Gasteiger partial charge on any atom is 0.338 e. The molecular formula is C31H32O10. The van der Waals surface area contributed by atoms with Gasteiger partial charge in [0.25, 0.3) is 0 Å². The lowest BCUT2D eigenvalue weighted by molar-refractivity contribution is -0.140. The van der Waals surface area contributed by atoms with Crippen molar-refractivity contribution in [1.29, 1.82) is 0 Å². The van der Waals surface area contributed by atoms with E-state index in [0.29, 0.717) is 22.4 Å². The van der Waals surface area contributed by atoms with Crippen molar-refractivity contribution in [2.24, 2.45) is 0 Å².